The number of nitrogens with one attached hydrogen (secondary N) is 1. The number of nitrogens with two attached hydrogens (primary N) is 1. The molecule has 3 N–H and O–H groups in total. The first kappa shape index (κ1) is 14.5. The Morgan fingerprint density at radius 1 is 1.50 bits per heavy atom. The van der Waals surface area contributed by atoms with Crippen LogP contribution in [0.25, 0.3) is 5.57 Å². The predicted molar refractivity (Wildman–Crippen MR) is 79.5 cm³/mol. The minimum atomic E-state index is -2.55. The van der Waals surface area contributed by atoms with Gasteiger partial charge in [0.25, 0.3) is 6.43 Å². The van der Waals surface area contributed by atoms with Crippen molar-refractivity contribution in [2.24, 2.45) is 10.7 Å². The van der Waals surface area contributed by atoms with Crippen LogP contribution >= 0.6 is 0 Å². The maximum absolute atomic E-state index is 13.3. The van der Waals surface area contributed by atoms with E-state index in [0.717, 1.165) is 24.2 Å². The summed E-state index contributed by atoms with van der Waals surface area (Å²) in [6, 6.07) is 3.35. The van der Waals surface area contributed by atoms with Crippen LogP contribution in [-0.2, 0) is 0 Å². The number of fused-ring (bicyclic) bond motifs is 1. The lowest BCUT2D eigenvalue weighted by Gasteiger charge is -2.26. The first-order chi connectivity index (χ1) is 9.58. The summed E-state index contributed by atoms with van der Waals surface area (Å²) in [5.41, 5.74) is 8.38. The van der Waals surface area contributed by atoms with Gasteiger partial charge in [-0.25, -0.2) is 8.78 Å². The zero-order valence-electron chi connectivity index (χ0n) is 11.7. The molecule has 20 heavy (non-hydrogen) atoms. The third-order valence-electron chi connectivity index (χ3n) is 3.64. The summed E-state index contributed by atoms with van der Waals surface area (Å²) in [6.07, 6.45) is 1.27. The Hall–Kier alpha value is -1.91. The van der Waals surface area contributed by atoms with Crippen LogP contribution in [0.3, 0.4) is 0 Å². The van der Waals surface area contributed by atoms with Crippen molar-refractivity contribution in [1.29, 1.82) is 0 Å². The second-order valence-electron chi connectivity index (χ2n) is 4.95. The van der Waals surface area contributed by atoms with Gasteiger partial charge in [0.15, 0.2) is 0 Å². The summed E-state index contributed by atoms with van der Waals surface area (Å²) in [4.78, 5) is 3.88. The molecule has 0 fully saturated rings. The first-order valence-corrected chi connectivity index (χ1v) is 6.62. The summed E-state index contributed by atoms with van der Waals surface area (Å²) in [7, 11) is 1.59. The second kappa shape index (κ2) is 6.03. The van der Waals surface area contributed by atoms with Gasteiger partial charge in [0, 0.05) is 42.8 Å². The fourth-order valence-electron chi connectivity index (χ4n) is 2.54. The highest BCUT2D eigenvalue weighted by Gasteiger charge is 2.23. The van der Waals surface area contributed by atoms with Crippen molar-refractivity contribution in [1.82, 2.24) is 0 Å². The summed E-state index contributed by atoms with van der Waals surface area (Å²) >= 11 is 0. The molecular weight excluding hydrogens is 260 g/mol. The van der Waals surface area contributed by atoms with Gasteiger partial charge in [-0.3, -0.25) is 4.99 Å². The molecule has 1 atom stereocenters. The molecule has 0 saturated heterocycles. The number of benzene rings is 1. The fraction of sp³-hybridized carbons (Fsp3) is 0.400. The summed E-state index contributed by atoms with van der Waals surface area (Å²) in [5.74, 6) is 0.342. The predicted octanol–water partition coefficient (Wildman–Crippen LogP) is 3.54. The molecule has 1 unspecified atom stereocenters. The summed E-state index contributed by atoms with van der Waals surface area (Å²) in [6.45, 7) is 2.91. The third kappa shape index (κ3) is 2.66. The van der Waals surface area contributed by atoms with E-state index in [2.05, 4.69) is 17.2 Å². The van der Waals surface area contributed by atoms with Crippen LogP contribution in [0.15, 0.2) is 23.3 Å². The molecular formula is C15H19F2N3. The minimum absolute atomic E-state index is 0.0121. The smallest absolute Gasteiger partial charge is 0.264 e. The van der Waals surface area contributed by atoms with Crippen LogP contribution in [-0.4, -0.2) is 19.8 Å². The van der Waals surface area contributed by atoms with Crippen LogP contribution in [0.1, 0.15) is 42.4 Å². The SMILES string of the molecule is CN=CC(=CN)c1cc2c(cc1C(F)F)NCCC2C. The van der Waals surface area contributed by atoms with E-state index in [1.807, 2.05) is 6.07 Å². The normalized spacial score (nSPS) is 19.2. The minimum Gasteiger partial charge on any atom is -0.404 e. The van der Waals surface area contributed by atoms with E-state index in [1.54, 1.807) is 7.05 Å². The Bertz CT molecular complexity index is 550. The Morgan fingerprint density at radius 2 is 2.25 bits per heavy atom. The number of alkyl halides is 2. The van der Waals surface area contributed by atoms with Gasteiger partial charge in [-0.1, -0.05) is 6.92 Å². The van der Waals surface area contributed by atoms with Gasteiger partial charge in [0.05, 0.1) is 0 Å². The van der Waals surface area contributed by atoms with Crippen LogP contribution in [0.4, 0.5) is 14.5 Å². The molecule has 0 saturated carbocycles. The second-order valence-corrected chi connectivity index (χ2v) is 4.95. The standard InChI is InChI=1S/C15H19F2N3/c1-9-3-4-20-14-6-13(15(16)17)12(5-11(9)14)10(7-18)8-19-2/h5-9,15,20H,3-4,18H2,1-2H3. The molecule has 0 aromatic heterocycles. The largest absolute Gasteiger partial charge is 0.404 e. The van der Waals surface area contributed by atoms with E-state index >= 15 is 0 Å². The van der Waals surface area contributed by atoms with E-state index in [-0.39, 0.29) is 5.56 Å². The maximum atomic E-state index is 13.3. The fourth-order valence-corrected chi connectivity index (χ4v) is 2.54. The summed E-state index contributed by atoms with van der Waals surface area (Å²) in [5, 5.41) is 3.19. The van der Waals surface area contributed by atoms with Crippen molar-refractivity contribution in [3.63, 3.8) is 0 Å². The van der Waals surface area contributed by atoms with Crippen LogP contribution in [0.5, 0.6) is 0 Å². The van der Waals surface area contributed by atoms with Gasteiger partial charge in [-0.05, 0) is 35.6 Å². The zero-order chi connectivity index (χ0) is 14.7. The van der Waals surface area contributed by atoms with Crippen molar-refractivity contribution >= 4 is 17.5 Å². The highest BCUT2D eigenvalue weighted by molar-refractivity contribution is 6.10. The Kier molecular flexibility index (Phi) is 4.37. The molecule has 0 amide bonds. The Morgan fingerprint density at radius 3 is 2.85 bits per heavy atom. The zero-order valence-corrected chi connectivity index (χ0v) is 11.7. The molecule has 1 heterocycles. The third-order valence-corrected chi connectivity index (χ3v) is 3.64. The van der Waals surface area contributed by atoms with Gasteiger partial charge in [-0.2, -0.15) is 0 Å². The number of rotatable bonds is 3. The molecule has 0 aliphatic carbocycles. The van der Waals surface area contributed by atoms with E-state index in [4.69, 9.17) is 5.73 Å². The lowest BCUT2D eigenvalue weighted by molar-refractivity contribution is 0.151. The number of hydrogen-bond donors (Lipinski definition) is 2. The highest BCUT2D eigenvalue weighted by Crippen LogP contribution is 2.38. The lowest BCUT2D eigenvalue weighted by atomic mass is 9.87. The Balaban J connectivity index is 2.62. The number of halogens is 2. The van der Waals surface area contributed by atoms with Crippen LogP contribution in [0, 0.1) is 0 Å². The van der Waals surface area contributed by atoms with E-state index in [0.29, 0.717) is 17.1 Å². The van der Waals surface area contributed by atoms with Gasteiger partial charge in [-0.15, -0.1) is 0 Å². The van der Waals surface area contributed by atoms with Crippen LogP contribution < -0.4 is 11.1 Å². The van der Waals surface area contributed by atoms with E-state index in [9.17, 15) is 8.78 Å². The number of nitrogens with zero attached hydrogens (tertiary/aromatic N) is 1. The van der Waals surface area contributed by atoms with Crippen LogP contribution in [0.2, 0.25) is 0 Å². The number of anilines is 1. The van der Waals surface area contributed by atoms with Gasteiger partial charge >= 0.3 is 0 Å². The van der Waals surface area contributed by atoms with Crippen molar-refractivity contribution in [3.8, 4) is 0 Å². The van der Waals surface area contributed by atoms with Crippen molar-refractivity contribution in [2.45, 2.75) is 25.7 Å². The Labute approximate surface area is 117 Å². The molecule has 0 spiro atoms. The highest BCUT2D eigenvalue weighted by atomic mass is 19.3. The summed E-state index contributed by atoms with van der Waals surface area (Å²) < 4.78 is 26.6. The number of aliphatic imine (C=N–C) groups is 1. The van der Waals surface area contributed by atoms with Gasteiger partial charge in [0.1, 0.15) is 0 Å². The quantitative estimate of drug-likeness (QED) is 0.831. The average molecular weight is 279 g/mol. The molecule has 1 aliphatic heterocycles. The van der Waals surface area contributed by atoms with Crippen molar-refractivity contribution in [2.75, 3.05) is 18.9 Å². The van der Waals surface area contributed by atoms with E-state index in [1.165, 1.54) is 18.5 Å². The average Bonchev–Trinajstić information content (AvgIpc) is 2.44. The van der Waals surface area contributed by atoms with Crippen molar-refractivity contribution in [3.05, 3.63) is 35.0 Å². The maximum Gasteiger partial charge on any atom is 0.264 e. The molecule has 5 heteroatoms. The molecule has 0 bridgehead atoms. The van der Waals surface area contributed by atoms with Crippen molar-refractivity contribution < 1.29 is 8.78 Å². The molecule has 1 aliphatic rings. The number of hydrogen-bond acceptors (Lipinski definition) is 3. The van der Waals surface area contributed by atoms with Gasteiger partial charge in [0.2, 0.25) is 0 Å². The number of allylic oxidation sites excluding steroid dienone is 1. The monoisotopic (exact) mass is 279 g/mol. The molecule has 1 aromatic rings. The topological polar surface area (TPSA) is 50.4 Å². The van der Waals surface area contributed by atoms with Gasteiger partial charge < -0.3 is 11.1 Å². The lowest BCUT2D eigenvalue weighted by Crippen LogP contribution is -2.16. The molecule has 0 radical (unpaired) electrons. The van der Waals surface area contributed by atoms with E-state index < -0.39 is 6.43 Å². The molecule has 2 rings (SSSR count). The molecule has 108 valence electrons. The molecule has 1 aromatic carbocycles. The first-order valence-electron chi connectivity index (χ1n) is 6.62. The molecule has 3 nitrogen and oxygen atoms in total.